The molecule has 0 N–H and O–H groups in total. The molecule has 0 radical (unpaired) electrons. The molecule has 0 bridgehead atoms. The molecular formula is C11H9BrClNO2. The van der Waals surface area contributed by atoms with E-state index in [0.717, 1.165) is 4.47 Å². The number of methoxy groups -OCH3 is 1. The van der Waals surface area contributed by atoms with Crippen LogP contribution < -0.4 is 0 Å². The molecule has 84 valence electrons. The van der Waals surface area contributed by atoms with Crippen molar-refractivity contribution < 1.29 is 9.53 Å². The molecule has 0 aliphatic heterocycles. The third kappa shape index (κ3) is 2.97. The standard InChI is InChI=1S/C11H9BrClNO2/c1-16-11(15)4-7-2-9(12)3-8(6-14)10(7)5-13/h2-3H,4-5H2,1H3. The van der Waals surface area contributed by atoms with Gasteiger partial charge in [0.15, 0.2) is 0 Å². The number of rotatable bonds is 3. The lowest BCUT2D eigenvalue weighted by Gasteiger charge is -2.08. The van der Waals surface area contributed by atoms with E-state index in [4.69, 9.17) is 16.9 Å². The minimum absolute atomic E-state index is 0.118. The maximum Gasteiger partial charge on any atom is 0.309 e. The lowest BCUT2D eigenvalue weighted by Crippen LogP contribution is -2.07. The summed E-state index contributed by atoms with van der Waals surface area (Å²) in [5.74, 6) is -0.156. The third-order valence-electron chi connectivity index (χ3n) is 2.12. The van der Waals surface area contributed by atoms with Crippen LogP contribution in [0.3, 0.4) is 0 Å². The van der Waals surface area contributed by atoms with Gasteiger partial charge in [-0.1, -0.05) is 15.9 Å². The zero-order valence-corrected chi connectivity index (χ0v) is 10.9. The Kier molecular flexibility index (Phi) is 4.78. The predicted octanol–water partition coefficient (Wildman–Crippen LogP) is 2.78. The van der Waals surface area contributed by atoms with E-state index in [1.807, 2.05) is 0 Å². The summed E-state index contributed by atoms with van der Waals surface area (Å²) in [4.78, 5) is 11.2. The summed E-state index contributed by atoms with van der Waals surface area (Å²) < 4.78 is 5.33. The molecule has 0 aliphatic carbocycles. The summed E-state index contributed by atoms with van der Waals surface area (Å²) in [6.45, 7) is 0. The smallest absolute Gasteiger partial charge is 0.309 e. The Morgan fingerprint density at radius 2 is 2.31 bits per heavy atom. The minimum atomic E-state index is -0.353. The largest absolute Gasteiger partial charge is 0.469 e. The lowest BCUT2D eigenvalue weighted by atomic mass is 10.0. The minimum Gasteiger partial charge on any atom is -0.469 e. The molecule has 3 nitrogen and oxygen atoms in total. The predicted molar refractivity (Wildman–Crippen MR) is 64.1 cm³/mol. The molecule has 0 aromatic heterocycles. The highest BCUT2D eigenvalue weighted by Gasteiger charge is 2.12. The zero-order chi connectivity index (χ0) is 12.1. The molecule has 0 saturated heterocycles. The Balaban J connectivity index is 3.21. The van der Waals surface area contributed by atoms with Gasteiger partial charge < -0.3 is 4.74 Å². The number of hydrogen-bond donors (Lipinski definition) is 0. The van der Waals surface area contributed by atoms with Gasteiger partial charge in [-0.15, -0.1) is 11.6 Å². The van der Waals surface area contributed by atoms with Crippen LogP contribution in [0.15, 0.2) is 16.6 Å². The molecular weight excluding hydrogens is 293 g/mol. The lowest BCUT2D eigenvalue weighted by molar-refractivity contribution is -0.139. The molecule has 5 heteroatoms. The maximum absolute atomic E-state index is 11.2. The molecule has 0 heterocycles. The van der Waals surface area contributed by atoms with Gasteiger partial charge in [-0.2, -0.15) is 5.26 Å². The van der Waals surface area contributed by atoms with E-state index < -0.39 is 0 Å². The number of carbonyl (C=O) groups excluding carboxylic acids is 1. The first-order chi connectivity index (χ1) is 7.62. The molecule has 0 saturated carbocycles. The highest BCUT2D eigenvalue weighted by molar-refractivity contribution is 9.10. The summed E-state index contributed by atoms with van der Waals surface area (Å²) in [5, 5.41) is 8.94. The van der Waals surface area contributed by atoms with Crippen LogP contribution in [0.1, 0.15) is 16.7 Å². The van der Waals surface area contributed by atoms with Crippen LogP contribution in [0.4, 0.5) is 0 Å². The molecule has 0 aliphatic rings. The van der Waals surface area contributed by atoms with Crippen molar-refractivity contribution in [3.05, 3.63) is 33.3 Å². The highest BCUT2D eigenvalue weighted by atomic mass is 79.9. The summed E-state index contributed by atoms with van der Waals surface area (Å²) in [6.07, 6.45) is 0.118. The van der Waals surface area contributed by atoms with Crippen molar-refractivity contribution in [1.82, 2.24) is 0 Å². The first kappa shape index (κ1) is 13.0. The first-order valence-electron chi connectivity index (χ1n) is 4.46. The Labute approximate surface area is 107 Å². The molecule has 0 amide bonds. The second kappa shape index (κ2) is 5.88. The van der Waals surface area contributed by atoms with Crippen molar-refractivity contribution in [2.24, 2.45) is 0 Å². The van der Waals surface area contributed by atoms with Gasteiger partial charge in [0.2, 0.25) is 0 Å². The fourth-order valence-corrected chi connectivity index (χ4v) is 2.16. The van der Waals surface area contributed by atoms with Crippen LogP contribution in [0.2, 0.25) is 0 Å². The SMILES string of the molecule is COC(=O)Cc1cc(Br)cc(C#N)c1CCl. The van der Waals surface area contributed by atoms with Crippen LogP contribution in [-0.4, -0.2) is 13.1 Å². The van der Waals surface area contributed by atoms with Crippen molar-refractivity contribution >= 4 is 33.5 Å². The van der Waals surface area contributed by atoms with E-state index in [-0.39, 0.29) is 18.3 Å². The average Bonchev–Trinajstić information content (AvgIpc) is 2.28. The number of nitrogens with zero attached hydrogens (tertiary/aromatic N) is 1. The molecule has 1 rings (SSSR count). The number of benzene rings is 1. The molecule has 0 unspecified atom stereocenters. The fraction of sp³-hybridized carbons (Fsp3) is 0.273. The Hall–Kier alpha value is -1.05. The van der Waals surface area contributed by atoms with Crippen molar-refractivity contribution in [3.63, 3.8) is 0 Å². The monoisotopic (exact) mass is 301 g/mol. The number of halogens is 2. The van der Waals surface area contributed by atoms with E-state index in [0.29, 0.717) is 16.7 Å². The quantitative estimate of drug-likeness (QED) is 0.637. The van der Waals surface area contributed by atoms with Gasteiger partial charge in [0.05, 0.1) is 25.2 Å². The number of carbonyl (C=O) groups is 1. The molecule has 16 heavy (non-hydrogen) atoms. The number of hydrogen-bond acceptors (Lipinski definition) is 3. The summed E-state index contributed by atoms with van der Waals surface area (Å²) in [6, 6.07) is 5.50. The van der Waals surface area contributed by atoms with E-state index in [2.05, 4.69) is 26.7 Å². The Morgan fingerprint density at radius 1 is 1.62 bits per heavy atom. The van der Waals surface area contributed by atoms with Gasteiger partial charge >= 0.3 is 5.97 Å². The van der Waals surface area contributed by atoms with Crippen LogP contribution in [0.25, 0.3) is 0 Å². The highest BCUT2D eigenvalue weighted by Crippen LogP contribution is 2.23. The van der Waals surface area contributed by atoms with Gasteiger partial charge in [-0.25, -0.2) is 0 Å². The van der Waals surface area contributed by atoms with E-state index in [1.165, 1.54) is 7.11 Å². The third-order valence-corrected chi connectivity index (χ3v) is 2.85. The molecule has 1 aromatic rings. The normalized spacial score (nSPS) is 9.62. The van der Waals surface area contributed by atoms with Crippen molar-refractivity contribution in [3.8, 4) is 6.07 Å². The Morgan fingerprint density at radius 3 is 2.81 bits per heavy atom. The van der Waals surface area contributed by atoms with Crippen LogP contribution in [0, 0.1) is 11.3 Å². The summed E-state index contributed by atoms with van der Waals surface area (Å²) in [5.41, 5.74) is 1.87. The molecule has 0 atom stereocenters. The zero-order valence-electron chi connectivity index (χ0n) is 8.59. The molecule has 0 spiro atoms. The van der Waals surface area contributed by atoms with Crippen molar-refractivity contribution in [2.45, 2.75) is 12.3 Å². The van der Waals surface area contributed by atoms with Gasteiger partial charge in [-0.3, -0.25) is 4.79 Å². The van der Waals surface area contributed by atoms with Crippen LogP contribution in [-0.2, 0) is 21.8 Å². The first-order valence-corrected chi connectivity index (χ1v) is 5.79. The second-order valence-electron chi connectivity index (χ2n) is 3.09. The topological polar surface area (TPSA) is 50.1 Å². The molecule has 1 aromatic carbocycles. The number of nitriles is 1. The number of alkyl halides is 1. The molecule has 0 fully saturated rings. The van der Waals surface area contributed by atoms with Crippen molar-refractivity contribution in [1.29, 1.82) is 5.26 Å². The number of ether oxygens (including phenoxy) is 1. The van der Waals surface area contributed by atoms with Gasteiger partial charge in [-0.05, 0) is 23.3 Å². The van der Waals surface area contributed by atoms with Gasteiger partial charge in [0.1, 0.15) is 0 Å². The number of esters is 1. The maximum atomic E-state index is 11.2. The van der Waals surface area contributed by atoms with E-state index in [1.54, 1.807) is 12.1 Å². The van der Waals surface area contributed by atoms with Crippen LogP contribution >= 0.6 is 27.5 Å². The van der Waals surface area contributed by atoms with Crippen molar-refractivity contribution in [2.75, 3.05) is 7.11 Å². The fourth-order valence-electron chi connectivity index (χ4n) is 1.34. The van der Waals surface area contributed by atoms with E-state index in [9.17, 15) is 4.79 Å². The van der Waals surface area contributed by atoms with Gasteiger partial charge in [0, 0.05) is 10.4 Å². The average molecular weight is 303 g/mol. The van der Waals surface area contributed by atoms with Gasteiger partial charge in [0.25, 0.3) is 0 Å². The Bertz CT molecular complexity index is 454. The van der Waals surface area contributed by atoms with Crippen LogP contribution in [0.5, 0.6) is 0 Å². The summed E-state index contributed by atoms with van der Waals surface area (Å²) in [7, 11) is 1.33. The van der Waals surface area contributed by atoms with E-state index >= 15 is 0 Å². The second-order valence-corrected chi connectivity index (χ2v) is 4.27. The summed E-state index contributed by atoms with van der Waals surface area (Å²) >= 11 is 9.06.